The molecule has 0 aliphatic carbocycles. The van der Waals surface area contributed by atoms with Crippen LogP contribution in [0.15, 0.2) is 60.9 Å². The van der Waals surface area contributed by atoms with Gasteiger partial charge < -0.3 is 10.1 Å². The molecule has 1 amide bonds. The summed E-state index contributed by atoms with van der Waals surface area (Å²) in [6, 6.07) is 15.7. The standard InChI is InChI=1S/C25H23N3O2S/c1-15(2)17-11-18(14-26-13-17)25-28-21-8-7-16(12-23(21)31-25)24(29)27-20-9-10-30-22-6-4-3-5-19(20)22/h3-8,11-15,20H,9-10H2,1-2H3,(H,27,29). The number of ether oxygens (including phenoxy) is 1. The fourth-order valence-corrected chi connectivity index (χ4v) is 4.80. The van der Waals surface area contributed by atoms with E-state index in [-0.39, 0.29) is 11.9 Å². The average Bonchev–Trinajstić information content (AvgIpc) is 3.23. The van der Waals surface area contributed by atoms with Crippen LogP contribution in [0.4, 0.5) is 0 Å². The molecule has 1 N–H and O–H groups in total. The number of amides is 1. The van der Waals surface area contributed by atoms with Crippen LogP contribution in [0.3, 0.4) is 0 Å². The third-order valence-corrected chi connectivity index (χ3v) is 6.65. The van der Waals surface area contributed by atoms with Crippen LogP contribution in [0.1, 0.15) is 53.7 Å². The Bertz CT molecular complexity index is 1260. The van der Waals surface area contributed by atoms with Crippen LogP contribution in [-0.4, -0.2) is 22.5 Å². The number of pyridine rings is 1. The quantitative estimate of drug-likeness (QED) is 0.450. The van der Waals surface area contributed by atoms with Crippen molar-refractivity contribution < 1.29 is 9.53 Å². The second kappa shape index (κ2) is 8.12. The third kappa shape index (κ3) is 3.91. The van der Waals surface area contributed by atoms with Crippen molar-refractivity contribution in [2.24, 2.45) is 0 Å². The zero-order valence-electron chi connectivity index (χ0n) is 17.5. The van der Waals surface area contributed by atoms with Gasteiger partial charge in [0.2, 0.25) is 0 Å². The van der Waals surface area contributed by atoms with Gasteiger partial charge >= 0.3 is 0 Å². The number of carbonyl (C=O) groups is 1. The maximum Gasteiger partial charge on any atom is 0.251 e. The van der Waals surface area contributed by atoms with E-state index in [1.54, 1.807) is 11.3 Å². The van der Waals surface area contributed by atoms with E-state index in [2.05, 4.69) is 30.2 Å². The average molecular weight is 430 g/mol. The van der Waals surface area contributed by atoms with Crippen molar-refractivity contribution in [2.75, 3.05) is 6.61 Å². The number of rotatable bonds is 4. The SMILES string of the molecule is CC(C)c1cncc(-c2nc3ccc(C(=O)NC4CCOc5ccccc54)cc3s2)c1. The number of hydrogen-bond acceptors (Lipinski definition) is 5. The lowest BCUT2D eigenvalue weighted by Crippen LogP contribution is -2.32. The molecule has 3 heterocycles. The minimum absolute atomic E-state index is 0.0463. The van der Waals surface area contributed by atoms with Gasteiger partial charge in [-0.1, -0.05) is 32.0 Å². The second-order valence-electron chi connectivity index (χ2n) is 8.06. The first kappa shape index (κ1) is 19.7. The molecule has 0 saturated carbocycles. The largest absolute Gasteiger partial charge is 0.493 e. The Morgan fingerprint density at radius 3 is 2.90 bits per heavy atom. The summed E-state index contributed by atoms with van der Waals surface area (Å²) in [5.74, 6) is 1.17. The minimum Gasteiger partial charge on any atom is -0.493 e. The van der Waals surface area contributed by atoms with Crippen molar-refractivity contribution in [3.05, 3.63) is 77.6 Å². The van der Waals surface area contributed by atoms with E-state index in [0.29, 0.717) is 18.1 Å². The van der Waals surface area contributed by atoms with Crippen molar-refractivity contribution in [3.63, 3.8) is 0 Å². The van der Waals surface area contributed by atoms with Gasteiger partial charge in [0.1, 0.15) is 10.8 Å². The molecule has 1 atom stereocenters. The summed E-state index contributed by atoms with van der Waals surface area (Å²) in [5, 5.41) is 4.09. The van der Waals surface area contributed by atoms with Crippen molar-refractivity contribution in [1.29, 1.82) is 0 Å². The van der Waals surface area contributed by atoms with Gasteiger partial charge in [-0.15, -0.1) is 11.3 Å². The van der Waals surface area contributed by atoms with E-state index in [1.165, 1.54) is 5.56 Å². The van der Waals surface area contributed by atoms with E-state index in [0.717, 1.165) is 38.5 Å². The molecule has 0 fully saturated rings. The van der Waals surface area contributed by atoms with E-state index < -0.39 is 0 Å². The van der Waals surface area contributed by atoms with Crippen molar-refractivity contribution in [1.82, 2.24) is 15.3 Å². The Balaban J connectivity index is 1.40. The number of aromatic nitrogens is 2. The number of nitrogens with one attached hydrogen (secondary N) is 1. The molecule has 156 valence electrons. The summed E-state index contributed by atoms with van der Waals surface area (Å²) in [4.78, 5) is 22.1. The molecule has 1 aliphatic heterocycles. The maximum absolute atomic E-state index is 13.0. The zero-order chi connectivity index (χ0) is 21.4. The summed E-state index contributed by atoms with van der Waals surface area (Å²) < 4.78 is 6.69. The van der Waals surface area contributed by atoms with Crippen molar-refractivity contribution in [2.45, 2.75) is 32.2 Å². The van der Waals surface area contributed by atoms with E-state index in [4.69, 9.17) is 9.72 Å². The lowest BCUT2D eigenvalue weighted by molar-refractivity contribution is 0.0925. The first-order valence-corrected chi connectivity index (χ1v) is 11.3. The third-order valence-electron chi connectivity index (χ3n) is 5.59. The van der Waals surface area contributed by atoms with Gasteiger partial charge in [0.15, 0.2) is 0 Å². The van der Waals surface area contributed by atoms with Crippen molar-refractivity contribution >= 4 is 27.5 Å². The van der Waals surface area contributed by atoms with Crippen LogP contribution >= 0.6 is 11.3 Å². The van der Waals surface area contributed by atoms with Gasteiger partial charge in [0.05, 0.1) is 22.9 Å². The number of benzene rings is 2. The number of fused-ring (bicyclic) bond motifs is 2. The molecule has 31 heavy (non-hydrogen) atoms. The van der Waals surface area contributed by atoms with Gasteiger partial charge in [0.25, 0.3) is 5.91 Å². The summed E-state index contributed by atoms with van der Waals surface area (Å²) in [7, 11) is 0. The molecule has 1 unspecified atom stereocenters. The Labute approximate surface area is 185 Å². The Morgan fingerprint density at radius 2 is 2.03 bits per heavy atom. The monoisotopic (exact) mass is 429 g/mol. The number of carbonyl (C=O) groups excluding carboxylic acids is 1. The predicted octanol–water partition coefficient (Wildman–Crippen LogP) is 5.74. The van der Waals surface area contributed by atoms with Crippen LogP contribution < -0.4 is 10.1 Å². The normalized spacial score (nSPS) is 15.5. The lowest BCUT2D eigenvalue weighted by Gasteiger charge is -2.26. The summed E-state index contributed by atoms with van der Waals surface area (Å²) in [5.41, 5.74) is 4.76. The highest BCUT2D eigenvalue weighted by Gasteiger charge is 2.23. The van der Waals surface area contributed by atoms with Gasteiger partial charge in [-0.2, -0.15) is 0 Å². The van der Waals surface area contributed by atoms with E-state index in [9.17, 15) is 4.79 Å². The minimum atomic E-state index is -0.0815. The highest BCUT2D eigenvalue weighted by Crippen LogP contribution is 2.33. The molecular formula is C25H23N3O2S. The molecule has 4 aromatic rings. The lowest BCUT2D eigenvalue weighted by atomic mass is 10.00. The van der Waals surface area contributed by atoms with Crippen LogP contribution in [0.25, 0.3) is 20.8 Å². The smallest absolute Gasteiger partial charge is 0.251 e. The molecule has 2 aromatic heterocycles. The number of thiazole rings is 1. The summed E-state index contributed by atoms with van der Waals surface area (Å²) in [6.07, 6.45) is 4.51. The van der Waals surface area contributed by atoms with Gasteiger partial charge in [-0.05, 0) is 41.8 Å². The zero-order valence-corrected chi connectivity index (χ0v) is 18.3. The highest BCUT2D eigenvalue weighted by atomic mass is 32.1. The van der Waals surface area contributed by atoms with E-state index in [1.807, 2.05) is 54.9 Å². The van der Waals surface area contributed by atoms with Crippen LogP contribution in [-0.2, 0) is 0 Å². The molecule has 0 spiro atoms. The molecule has 6 heteroatoms. The molecule has 0 saturated heterocycles. The summed E-state index contributed by atoms with van der Waals surface area (Å²) in [6.45, 7) is 4.91. The molecule has 5 rings (SSSR count). The first-order valence-electron chi connectivity index (χ1n) is 10.5. The summed E-state index contributed by atoms with van der Waals surface area (Å²) >= 11 is 1.59. The molecule has 5 nitrogen and oxygen atoms in total. The van der Waals surface area contributed by atoms with Crippen molar-refractivity contribution in [3.8, 4) is 16.3 Å². The molecule has 2 aromatic carbocycles. The fraction of sp³-hybridized carbons (Fsp3) is 0.240. The van der Waals surface area contributed by atoms with Gasteiger partial charge in [-0.3, -0.25) is 9.78 Å². The second-order valence-corrected chi connectivity index (χ2v) is 9.09. The molecule has 0 bridgehead atoms. The van der Waals surface area contributed by atoms with Crippen LogP contribution in [0.5, 0.6) is 5.75 Å². The van der Waals surface area contributed by atoms with Crippen LogP contribution in [0.2, 0.25) is 0 Å². The first-order chi connectivity index (χ1) is 15.1. The molecule has 0 radical (unpaired) electrons. The Kier molecular flexibility index (Phi) is 5.16. The highest BCUT2D eigenvalue weighted by molar-refractivity contribution is 7.21. The van der Waals surface area contributed by atoms with Gasteiger partial charge in [0, 0.05) is 35.5 Å². The molecule has 1 aliphatic rings. The fourth-order valence-electron chi connectivity index (χ4n) is 3.81. The van der Waals surface area contributed by atoms with Gasteiger partial charge in [-0.25, -0.2) is 4.98 Å². The number of nitrogens with zero attached hydrogens (tertiary/aromatic N) is 2. The Hall–Kier alpha value is -3.25. The number of para-hydroxylation sites is 1. The predicted molar refractivity (Wildman–Crippen MR) is 124 cm³/mol. The van der Waals surface area contributed by atoms with Crippen LogP contribution in [0, 0.1) is 0 Å². The Morgan fingerprint density at radius 1 is 1.16 bits per heavy atom. The van der Waals surface area contributed by atoms with E-state index >= 15 is 0 Å². The topological polar surface area (TPSA) is 64.1 Å². The molecular weight excluding hydrogens is 406 g/mol. The number of hydrogen-bond donors (Lipinski definition) is 1. The maximum atomic E-state index is 13.0.